The number of aryl methyl sites for hydroxylation is 1. The first-order valence-electron chi connectivity index (χ1n) is 10.2. The second-order valence-electron chi connectivity index (χ2n) is 7.71. The third-order valence-corrected chi connectivity index (χ3v) is 5.49. The first kappa shape index (κ1) is 20.5. The molecule has 0 unspecified atom stereocenters. The van der Waals surface area contributed by atoms with Crippen LogP contribution in [0.1, 0.15) is 45.7 Å². The number of amides is 3. The van der Waals surface area contributed by atoms with Crippen LogP contribution in [0.5, 0.6) is 0 Å². The highest BCUT2D eigenvalue weighted by Gasteiger charge is 2.28. The average molecular weight is 416 g/mol. The maximum atomic E-state index is 12.9. The van der Waals surface area contributed by atoms with Crippen LogP contribution in [-0.2, 0) is 22.7 Å². The molecule has 1 aliphatic heterocycles. The van der Waals surface area contributed by atoms with Crippen molar-refractivity contribution in [3.63, 3.8) is 0 Å². The summed E-state index contributed by atoms with van der Waals surface area (Å²) in [6, 6.07) is 17.2. The van der Waals surface area contributed by atoms with Gasteiger partial charge in [-0.1, -0.05) is 42.5 Å². The van der Waals surface area contributed by atoms with Gasteiger partial charge in [0, 0.05) is 24.2 Å². The Hall–Kier alpha value is -3.74. The number of carbonyl (C=O) groups excluding carboxylic acids is 3. The van der Waals surface area contributed by atoms with Gasteiger partial charge in [0.05, 0.1) is 24.3 Å². The molecule has 158 valence electrons. The van der Waals surface area contributed by atoms with E-state index in [1.165, 1.54) is 4.90 Å². The number of rotatable bonds is 6. The minimum Gasteiger partial charge on any atom is -0.322 e. The number of hydrogen-bond acceptors (Lipinski definition) is 4. The van der Waals surface area contributed by atoms with E-state index >= 15 is 0 Å². The van der Waals surface area contributed by atoms with Crippen molar-refractivity contribution in [2.24, 2.45) is 0 Å². The molecule has 4 rings (SSSR count). The Kier molecular flexibility index (Phi) is 5.66. The number of carbonyl (C=O) groups is 3. The number of nitrogens with zero attached hydrogens (tertiary/aromatic N) is 3. The van der Waals surface area contributed by atoms with Crippen molar-refractivity contribution in [1.29, 1.82) is 0 Å². The average Bonchev–Trinajstić information content (AvgIpc) is 3.22. The van der Waals surface area contributed by atoms with Crippen molar-refractivity contribution in [2.45, 2.75) is 39.8 Å². The topological polar surface area (TPSA) is 84.3 Å². The van der Waals surface area contributed by atoms with E-state index in [0.717, 1.165) is 16.8 Å². The van der Waals surface area contributed by atoms with Crippen molar-refractivity contribution in [1.82, 2.24) is 14.7 Å². The minimum absolute atomic E-state index is 0.138. The van der Waals surface area contributed by atoms with Crippen LogP contribution in [0.3, 0.4) is 0 Å². The zero-order valence-corrected chi connectivity index (χ0v) is 17.6. The van der Waals surface area contributed by atoms with Gasteiger partial charge in [0.1, 0.15) is 0 Å². The maximum absolute atomic E-state index is 12.9. The van der Waals surface area contributed by atoms with E-state index < -0.39 is 0 Å². The lowest BCUT2D eigenvalue weighted by molar-refractivity contribution is -0.139. The number of likely N-dealkylation sites (tertiary alicyclic amines) is 1. The summed E-state index contributed by atoms with van der Waals surface area (Å²) in [6.07, 6.45) is 0.563. The smallest absolute Gasteiger partial charge is 0.259 e. The number of benzene rings is 2. The molecule has 2 aromatic carbocycles. The number of anilines is 1. The Bertz CT molecular complexity index is 1120. The van der Waals surface area contributed by atoms with Crippen molar-refractivity contribution >= 4 is 23.4 Å². The molecule has 7 heteroatoms. The number of hydrogen-bond donors (Lipinski definition) is 1. The Morgan fingerprint density at radius 2 is 1.52 bits per heavy atom. The van der Waals surface area contributed by atoms with E-state index in [4.69, 9.17) is 0 Å². The van der Waals surface area contributed by atoms with Gasteiger partial charge in [0.15, 0.2) is 0 Å². The summed E-state index contributed by atoms with van der Waals surface area (Å²) in [5.74, 6) is -0.492. The molecule has 0 aliphatic carbocycles. The van der Waals surface area contributed by atoms with Gasteiger partial charge in [-0.3, -0.25) is 24.0 Å². The predicted octanol–water partition coefficient (Wildman–Crippen LogP) is 3.45. The molecular formula is C24H24N4O3. The van der Waals surface area contributed by atoms with Crippen molar-refractivity contribution < 1.29 is 14.4 Å². The lowest BCUT2D eigenvalue weighted by Gasteiger charge is -2.14. The molecule has 1 saturated heterocycles. The van der Waals surface area contributed by atoms with Crippen LogP contribution in [0, 0.1) is 13.8 Å². The normalized spacial score (nSPS) is 13.7. The van der Waals surface area contributed by atoms with Crippen LogP contribution in [0.15, 0.2) is 54.6 Å². The molecule has 0 radical (unpaired) electrons. The van der Waals surface area contributed by atoms with E-state index in [9.17, 15) is 14.4 Å². The molecule has 7 nitrogen and oxygen atoms in total. The molecule has 31 heavy (non-hydrogen) atoms. The SMILES string of the molecule is Cc1nn(Cc2ccccc2)c(C)c1C(=O)Nc1ccc(CN2C(=O)CCC2=O)cc1. The Morgan fingerprint density at radius 3 is 2.16 bits per heavy atom. The molecule has 3 aromatic rings. The first-order chi connectivity index (χ1) is 14.9. The zero-order chi connectivity index (χ0) is 22.0. The minimum atomic E-state index is -0.216. The monoisotopic (exact) mass is 416 g/mol. The summed E-state index contributed by atoms with van der Waals surface area (Å²) in [7, 11) is 0. The maximum Gasteiger partial charge on any atom is 0.259 e. The van der Waals surface area contributed by atoms with Gasteiger partial charge in [-0.05, 0) is 37.1 Å². The van der Waals surface area contributed by atoms with Crippen molar-refractivity contribution in [3.8, 4) is 0 Å². The number of nitrogens with one attached hydrogen (secondary N) is 1. The summed E-state index contributed by atoms with van der Waals surface area (Å²) in [6.45, 7) is 4.58. The van der Waals surface area contributed by atoms with Gasteiger partial charge in [0.25, 0.3) is 5.91 Å². The fourth-order valence-corrected chi connectivity index (χ4v) is 3.80. The summed E-state index contributed by atoms with van der Waals surface area (Å²) in [4.78, 5) is 37.7. The Morgan fingerprint density at radius 1 is 0.903 bits per heavy atom. The second-order valence-corrected chi connectivity index (χ2v) is 7.71. The first-order valence-corrected chi connectivity index (χ1v) is 10.2. The van der Waals surface area contributed by atoms with Crippen LogP contribution >= 0.6 is 0 Å². The quantitative estimate of drug-likeness (QED) is 0.624. The molecule has 0 atom stereocenters. The Balaban J connectivity index is 1.44. The summed E-state index contributed by atoms with van der Waals surface area (Å²) in [5, 5.41) is 7.46. The summed E-state index contributed by atoms with van der Waals surface area (Å²) >= 11 is 0. The summed E-state index contributed by atoms with van der Waals surface area (Å²) < 4.78 is 1.84. The fourth-order valence-electron chi connectivity index (χ4n) is 3.80. The van der Waals surface area contributed by atoms with E-state index in [2.05, 4.69) is 10.4 Å². The van der Waals surface area contributed by atoms with E-state index in [1.807, 2.05) is 61.0 Å². The Labute approximate surface area is 180 Å². The molecule has 3 amide bonds. The zero-order valence-electron chi connectivity index (χ0n) is 17.6. The molecule has 0 spiro atoms. The van der Waals surface area contributed by atoms with Crippen LogP contribution in [0.25, 0.3) is 0 Å². The molecule has 2 heterocycles. The van der Waals surface area contributed by atoms with Gasteiger partial charge in [0.2, 0.25) is 11.8 Å². The van der Waals surface area contributed by atoms with Crippen molar-refractivity contribution in [3.05, 3.63) is 82.7 Å². The summed E-state index contributed by atoms with van der Waals surface area (Å²) in [5.41, 5.74) is 4.64. The van der Waals surface area contributed by atoms with E-state index in [1.54, 1.807) is 12.1 Å². The van der Waals surface area contributed by atoms with Crippen LogP contribution in [0.4, 0.5) is 5.69 Å². The molecule has 1 aliphatic rings. The fraction of sp³-hybridized carbons (Fsp3) is 0.250. The largest absolute Gasteiger partial charge is 0.322 e. The predicted molar refractivity (Wildman–Crippen MR) is 116 cm³/mol. The van der Waals surface area contributed by atoms with Gasteiger partial charge in [-0.25, -0.2) is 0 Å². The lowest BCUT2D eigenvalue weighted by Crippen LogP contribution is -2.28. The third kappa shape index (κ3) is 4.40. The van der Waals surface area contributed by atoms with Crippen molar-refractivity contribution in [2.75, 3.05) is 5.32 Å². The molecule has 0 bridgehead atoms. The third-order valence-electron chi connectivity index (χ3n) is 5.49. The molecule has 1 N–H and O–H groups in total. The van der Waals surface area contributed by atoms with Gasteiger partial charge in [-0.15, -0.1) is 0 Å². The molecular weight excluding hydrogens is 392 g/mol. The van der Waals surface area contributed by atoms with E-state index in [0.29, 0.717) is 23.5 Å². The van der Waals surface area contributed by atoms with Crippen LogP contribution < -0.4 is 5.32 Å². The van der Waals surface area contributed by atoms with Crippen LogP contribution in [-0.4, -0.2) is 32.4 Å². The number of aromatic nitrogens is 2. The van der Waals surface area contributed by atoms with Gasteiger partial charge in [-0.2, -0.15) is 5.10 Å². The molecule has 0 saturated carbocycles. The van der Waals surface area contributed by atoms with E-state index in [-0.39, 0.29) is 37.1 Å². The number of imide groups is 1. The second kappa shape index (κ2) is 8.55. The highest BCUT2D eigenvalue weighted by molar-refractivity contribution is 6.06. The van der Waals surface area contributed by atoms with Crippen LogP contribution in [0.2, 0.25) is 0 Å². The molecule has 1 aromatic heterocycles. The molecule has 1 fully saturated rings. The standard InChI is InChI=1S/C24H24N4O3/c1-16-23(17(2)28(26-16)15-18-6-4-3-5-7-18)24(31)25-20-10-8-19(9-11-20)14-27-21(29)12-13-22(27)30/h3-11H,12-15H2,1-2H3,(H,25,31). The highest BCUT2D eigenvalue weighted by Crippen LogP contribution is 2.20. The lowest BCUT2D eigenvalue weighted by atomic mass is 10.1. The van der Waals surface area contributed by atoms with Gasteiger partial charge < -0.3 is 5.32 Å². The van der Waals surface area contributed by atoms with Gasteiger partial charge >= 0.3 is 0 Å². The highest BCUT2D eigenvalue weighted by atomic mass is 16.2.